The molecule has 1 aromatic heterocycles. The van der Waals surface area contributed by atoms with Gasteiger partial charge in [0.05, 0.1) is 5.52 Å². The summed E-state index contributed by atoms with van der Waals surface area (Å²) >= 11 is 0. The van der Waals surface area contributed by atoms with E-state index < -0.39 is 0 Å². The van der Waals surface area contributed by atoms with Gasteiger partial charge in [0.2, 0.25) is 0 Å². The lowest BCUT2D eigenvalue weighted by atomic mass is 10.1. The molecule has 3 rings (SSSR count). The Hall–Kier alpha value is -3.14. The molecule has 3 aromatic rings. The number of carbonyl (C=O) groups excluding carboxylic acids is 1. The van der Waals surface area contributed by atoms with Gasteiger partial charge in [0.25, 0.3) is 5.91 Å². The highest BCUT2D eigenvalue weighted by molar-refractivity contribution is 6.06. The third-order valence-electron chi connectivity index (χ3n) is 3.33. The van der Waals surface area contributed by atoms with E-state index in [0.29, 0.717) is 23.6 Å². The summed E-state index contributed by atoms with van der Waals surface area (Å²) in [7, 11) is 0. The standard InChI is InChI=1S/C19H16N2O2/c1-2-11-23-17-7-3-6-16(13-17)21-19(22)15-9-8-14-5-4-10-20-18(14)12-15/h2-10,12-13H,1,11H2,(H,21,22). The molecule has 0 spiro atoms. The van der Waals surface area contributed by atoms with E-state index in [1.165, 1.54) is 0 Å². The highest BCUT2D eigenvalue weighted by Gasteiger charge is 2.08. The van der Waals surface area contributed by atoms with Gasteiger partial charge >= 0.3 is 0 Å². The Morgan fingerprint density at radius 1 is 1.17 bits per heavy atom. The summed E-state index contributed by atoms with van der Waals surface area (Å²) in [6.07, 6.45) is 3.39. The molecule has 0 saturated carbocycles. The lowest BCUT2D eigenvalue weighted by molar-refractivity contribution is 0.102. The number of hydrogen-bond donors (Lipinski definition) is 1. The Morgan fingerprint density at radius 3 is 2.96 bits per heavy atom. The maximum absolute atomic E-state index is 12.4. The van der Waals surface area contributed by atoms with Gasteiger partial charge in [0.1, 0.15) is 12.4 Å². The van der Waals surface area contributed by atoms with Gasteiger partial charge < -0.3 is 10.1 Å². The summed E-state index contributed by atoms with van der Waals surface area (Å²) in [5.41, 5.74) is 2.04. The SMILES string of the molecule is C=CCOc1cccc(NC(=O)c2ccc3cccnc3c2)c1. The first-order valence-electron chi connectivity index (χ1n) is 7.26. The van der Waals surface area contributed by atoms with Crippen LogP contribution in [0.2, 0.25) is 0 Å². The van der Waals surface area contributed by atoms with E-state index in [1.54, 1.807) is 30.5 Å². The Balaban J connectivity index is 1.78. The number of nitrogens with one attached hydrogen (secondary N) is 1. The maximum Gasteiger partial charge on any atom is 0.255 e. The zero-order valence-corrected chi connectivity index (χ0v) is 12.5. The molecule has 0 aliphatic rings. The van der Waals surface area contributed by atoms with Crippen LogP contribution in [0.5, 0.6) is 5.75 Å². The third-order valence-corrected chi connectivity index (χ3v) is 3.33. The van der Waals surface area contributed by atoms with E-state index in [4.69, 9.17) is 4.74 Å². The van der Waals surface area contributed by atoms with Crippen molar-refractivity contribution in [1.29, 1.82) is 0 Å². The second-order valence-corrected chi connectivity index (χ2v) is 4.99. The van der Waals surface area contributed by atoms with Crippen molar-refractivity contribution in [2.24, 2.45) is 0 Å². The molecule has 0 aliphatic carbocycles. The summed E-state index contributed by atoms with van der Waals surface area (Å²) < 4.78 is 5.46. The van der Waals surface area contributed by atoms with E-state index in [2.05, 4.69) is 16.9 Å². The van der Waals surface area contributed by atoms with Crippen LogP contribution in [0.25, 0.3) is 10.9 Å². The van der Waals surface area contributed by atoms with E-state index in [9.17, 15) is 4.79 Å². The minimum atomic E-state index is -0.182. The van der Waals surface area contributed by atoms with Crippen molar-refractivity contribution in [3.05, 3.63) is 79.0 Å². The molecule has 1 N–H and O–H groups in total. The number of rotatable bonds is 5. The normalized spacial score (nSPS) is 10.3. The fourth-order valence-corrected chi connectivity index (χ4v) is 2.23. The number of anilines is 1. The van der Waals surface area contributed by atoms with Crippen molar-refractivity contribution in [3.63, 3.8) is 0 Å². The predicted molar refractivity (Wildman–Crippen MR) is 91.8 cm³/mol. The zero-order valence-electron chi connectivity index (χ0n) is 12.5. The summed E-state index contributed by atoms with van der Waals surface area (Å²) in [6, 6.07) is 16.6. The average molecular weight is 304 g/mol. The Bertz CT molecular complexity index is 859. The molecule has 0 fully saturated rings. The molecule has 23 heavy (non-hydrogen) atoms. The molecule has 0 saturated heterocycles. The monoisotopic (exact) mass is 304 g/mol. The van der Waals surface area contributed by atoms with Crippen molar-refractivity contribution < 1.29 is 9.53 Å². The van der Waals surface area contributed by atoms with E-state index in [1.807, 2.05) is 36.4 Å². The summed E-state index contributed by atoms with van der Waals surface area (Å²) in [4.78, 5) is 16.7. The van der Waals surface area contributed by atoms with Gasteiger partial charge in [-0.05, 0) is 30.3 Å². The minimum absolute atomic E-state index is 0.182. The largest absolute Gasteiger partial charge is 0.489 e. The van der Waals surface area contributed by atoms with Gasteiger partial charge in [0, 0.05) is 28.9 Å². The highest BCUT2D eigenvalue weighted by Crippen LogP contribution is 2.19. The van der Waals surface area contributed by atoms with Crippen molar-refractivity contribution in [2.75, 3.05) is 11.9 Å². The van der Waals surface area contributed by atoms with E-state index >= 15 is 0 Å². The van der Waals surface area contributed by atoms with Crippen LogP contribution in [-0.4, -0.2) is 17.5 Å². The van der Waals surface area contributed by atoms with Crippen LogP contribution in [0.15, 0.2) is 73.4 Å². The van der Waals surface area contributed by atoms with Crippen LogP contribution in [-0.2, 0) is 0 Å². The number of hydrogen-bond acceptors (Lipinski definition) is 3. The molecule has 2 aromatic carbocycles. The number of benzene rings is 2. The van der Waals surface area contributed by atoms with Crippen molar-refractivity contribution in [3.8, 4) is 5.75 Å². The Morgan fingerprint density at radius 2 is 2.09 bits per heavy atom. The number of amides is 1. The quantitative estimate of drug-likeness (QED) is 0.723. The Kier molecular flexibility index (Phi) is 4.34. The van der Waals surface area contributed by atoms with Gasteiger partial charge in [-0.2, -0.15) is 0 Å². The number of carbonyl (C=O) groups is 1. The minimum Gasteiger partial charge on any atom is -0.489 e. The van der Waals surface area contributed by atoms with Crippen molar-refractivity contribution >= 4 is 22.5 Å². The molecule has 0 bridgehead atoms. The average Bonchev–Trinajstić information content (AvgIpc) is 2.60. The topological polar surface area (TPSA) is 51.2 Å². The number of fused-ring (bicyclic) bond motifs is 1. The van der Waals surface area contributed by atoms with Crippen molar-refractivity contribution in [2.45, 2.75) is 0 Å². The predicted octanol–water partition coefficient (Wildman–Crippen LogP) is 4.05. The molecule has 114 valence electrons. The summed E-state index contributed by atoms with van der Waals surface area (Å²) in [5, 5.41) is 3.87. The number of nitrogens with zero attached hydrogens (tertiary/aromatic N) is 1. The molecule has 4 nitrogen and oxygen atoms in total. The first-order valence-corrected chi connectivity index (χ1v) is 7.26. The fraction of sp³-hybridized carbons (Fsp3) is 0.0526. The maximum atomic E-state index is 12.4. The van der Waals surface area contributed by atoms with Crippen LogP contribution >= 0.6 is 0 Å². The van der Waals surface area contributed by atoms with Gasteiger partial charge in [-0.25, -0.2) is 0 Å². The first kappa shape index (κ1) is 14.8. The number of ether oxygens (including phenoxy) is 1. The van der Waals surface area contributed by atoms with E-state index in [-0.39, 0.29) is 5.91 Å². The molecule has 0 aliphatic heterocycles. The molecule has 4 heteroatoms. The van der Waals surface area contributed by atoms with Gasteiger partial charge in [-0.1, -0.05) is 30.9 Å². The van der Waals surface area contributed by atoms with Crippen molar-refractivity contribution in [1.82, 2.24) is 4.98 Å². The lowest BCUT2D eigenvalue weighted by Gasteiger charge is -2.08. The highest BCUT2D eigenvalue weighted by atomic mass is 16.5. The number of pyridine rings is 1. The van der Waals surface area contributed by atoms with Crippen LogP contribution in [0, 0.1) is 0 Å². The summed E-state index contributed by atoms with van der Waals surface area (Å²) in [5.74, 6) is 0.501. The molecule has 1 amide bonds. The van der Waals surface area contributed by atoms with Crippen LogP contribution < -0.4 is 10.1 Å². The molecular formula is C19H16N2O2. The molecular weight excluding hydrogens is 288 g/mol. The summed E-state index contributed by atoms with van der Waals surface area (Å²) in [6.45, 7) is 4.03. The van der Waals surface area contributed by atoms with Gasteiger partial charge in [-0.3, -0.25) is 9.78 Å². The fourth-order valence-electron chi connectivity index (χ4n) is 2.23. The molecule has 1 heterocycles. The third kappa shape index (κ3) is 3.55. The van der Waals surface area contributed by atoms with Crippen LogP contribution in [0.3, 0.4) is 0 Å². The van der Waals surface area contributed by atoms with Gasteiger partial charge in [-0.15, -0.1) is 0 Å². The first-order chi connectivity index (χ1) is 11.3. The molecule has 0 radical (unpaired) electrons. The number of aromatic nitrogens is 1. The molecule has 0 unspecified atom stereocenters. The van der Waals surface area contributed by atoms with E-state index in [0.717, 1.165) is 10.9 Å². The lowest BCUT2D eigenvalue weighted by Crippen LogP contribution is -2.11. The Labute approximate surface area is 134 Å². The second kappa shape index (κ2) is 6.75. The van der Waals surface area contributed by atoms with Gasteiger partial charge in [0.15, 0.2) is 0 Å². The zero-order chi connectivity index (χ0) is 16.1. The van der Waals surface area contributed by atoms with Crippen LogP contribution in [0.4, 0.5) is 5.69 Å². The smallest absolute Gasteiger partial charge is 0.255 e. The molecule has 0 atom stereocenters. The van der Waals surface area contributed by atoms with Crippen LogP contribution in [0.1, 0.15) is 10.4 Å². The second-order valence-electron chi connectivity index (χ2n) is 4.99.